The van der Waals surface area contributed by atoms with Crippen molar-refractivity contribution in [2.24, 2.45) is 0 Å². The number of amides is 2. The van der Waals surface area contributed by atoms with Gasteiger partial charge in [-0.05, 0) is 30.7 Å². The lowest BCUT2D eigenvalue weighted by Gasteiger charge is -2.24. The fraction of sp³-hybridized carbons (Fsp3) is 0.333. The highest BCUT2D eigenvalue weighted by atomic mass is 16.4. The molecule has 6 heteroatoms. The number of anilines is 1. The highest BCUT2D eigenvalue weighted by Gasteiger charge is 2.17. The summed E-state index contributed by atoms with van der Waals surface area (Å²) in [5.41, 5.74) is 0.608. The standard InChI is InChI=1S/C15H18N2O4/c1-3-12(4-2)16-15(21)17(9-10-18)13-7-5-11(6-8-13)14(19)20/h1,5-8,12,18H,4,9-10H2,2H3,(H,16,21)(H,19,20). The van der Waals surface area contributed by atoms with Gasteiger partial charge in [0.05, 0.1) is 24.8 Å². The number of benzene rings is 1. The van der Waals surface area contributed by atoms with E-state index < -0.39 is 18.0 Å². The molecule has 0 aliphatic heterocycles. The summed E-state index contributed by atoms with van der Waals surface area (Å²) in [6.07, 6.45) is 5.89. The fourth-order valence-corrected chi connectivity index (χ4v) is 1.72. The van der Waals surface area contributed by atoms with Gasteiger partial charge in [-0.3, -0.25) is 4.90 Å². The molecular formula is C15H18N2O4. The average molecular weight is 290 g/mol. The minimum absolute atomic E-state index is 0.0826. The summed E-state index contributed by atoms with van der Waals surface area (Å²) in [7, 11) is 0. The number of hydrogen-bond donors (Lipinski definition) is 3. The Morgan fingerprint density at radius 1 is 1.38 bits per heavy atom. The van der Waals surface area contributed by atoms with E-state index in [1.165, 1.54) is 29.2 Å². The third-order valence-electron chi connectivity index (χ3n) is 2.90. The minimum Gasteiger partial charge on any atom is -0.478 e. The van der Waals surface area contributed by atoms with Crippen molar-refractivity contribution in [1.29, 1.82) is 0 Å². The maximum atomic E-state index is 12.2. The van der Waals surface area contributed by atoms with Crippen LogP contribution in [0.3, 0.4) is 0 Å². The van der Waals surface area contributed by atoms with Crippen LogP contribution in [0, 0.1) is 12.3 Å². The molecule has 0 spiro atoms. The molecular weight excluding hydrogens is 272 g/mol. The molecule has 0 aromatic heterocycles. The van der Waals surface area contributed by atoms with Gasteiger partial charge in [0.25, 0.3) is 0 Å². The van der Waals surface area contributed by atoms with E-state index in [4.69, 9.17) is 16.6 Å². The van der Waals surface area contributed by atoms with Crippen molar-refractivity contribution >= 4 is 17.7 Å². The summed E-state index contributed by atoms with van der Waals surface area (Å²) < 4.78 is 0. The van der Waals surface area contributed by atoms with E-state index in [-0.39, 0.29) is 18.7 Å². The van der Waals surface area contributed by atoms with E-state index in [9.17, 15) is 9.59 Å². The first-order valence-electron chi connectivity index (χ1n) is 6.51. The quantitative estimate of drug-likeness (QED) is 0.689. The molecule has 21 heavy (non-hydrogen) atoms. The monoisotopic (exact) mass is 290 g/mol. The van der Waals surface area contributed by atoms with Crippen LogP contribution in [0.5, 0.6) is 0 Å². The third kappa shape index (κ3) is 4.51. The molecule has 112 valence electrons. The van der Waals surface area contributed by atoms with E-state index in [0.717, 1.165) is 0 Å². The lowest BCUT2D eigenvalue weighted by atomic mass is 10.2. The highest BCUT2D eigenvalue weighted by molar-refractivity contribution is 5.93. The number of aliphatic hydroxyl groups is 1. The molecule has 0 saturated heterocycles. The Morgan fingerprint density at radius 3 is 2.43 bits per heavy atom. The Bertz CT molecular complexity index is 534. The van der Waals surface area contributed by atoms with Crippen molar-refractivity contribution < 1.29 is 19.8 Å². The number of nitrogens with zero attached hydrogens (tertiary/aromatic N) is 1. The van der Waals surface area contributed by atoms with Crippen molar-refractivity contribution in [1.82, 2.24) is 5.32 Å². The lowest BCUT2D eigenvalue weighted by Crippen LogP contribution is -2.45. The van der Waals surface area contributed by atoms with Gasteiger partial charge in [0, 0.05) is 5.69 Å². The number of carboxylic acids is 1. The Balaban J connectivity index is 2.92. The molecule has 6 nitrogen and oxygen atoms in total. The van der Waals surface area contributed by atoms with E-state index in [2.05, 4.69) is 11.2 Å². The second-order valence-corrected chi connectivity index (χ2v) is 4.30. The van der Waals surface area contributed by atoms with E-state index in [1.54, 1.807) is 0 Å². The van der Waals surface area contributed by atoms with Crippen LogP contribution < -0.4 is 10.2 Å². The van der Waals surface area contributed by atoms with E-state index in [1.807, 2.05) is 6.92 Å². The molecule has 1 aromatic carbocycles. The van der Waals surface area contributed by atoms with Crippen molar-refractivity contribution in [3.8, 4) is 12.3 Å². The summed E-state index contributed by atoms with van der Waals surface area (Å²) in [5.74, 6) is 1.41. The predicted octanol–water partition coefficient (Wildman–Crippen LogP) is 1.30. The molecule has 0 bridgehead atoms. The van der Waals surface area contributed by atoms with Gasteiger partial charge in [0.2, 0.25) is 0 Å². The smallest absolute Gasteiger partial charge is 0.335 e. The molecule has 0 heterocycles. The van der Waals surface area contributed by atoms with Crippen LogP contribution in [0.15, 0.2) is 24.3 Å². The van der Waals surface area contributed by atoms with Crippen LogP contribution >= 0.6 is 0 Å². The number of rotatable bonds is 6. The molecule has 0 saturated carbocycles. The normalized spacial score (nSPS) is 11.3. The number of carboxylic acid groups (broad SMARTS) is 1. The number of terminal acetylenes is 1. The molecule has 1 rings (SSSR count). The number of urea groups is 1. The van der Waals surface area contributed by atoms with Crippen LogP contribution in [0.1, 0.15) is 23.7 Å². The van der Waals surface area contributed by atoms with Crippen LogP contribution in [0.25, 0.3) is 0 Å². The maximum absolute atomic E-state index is 12.2. The van der Waals surface area contributed by atoms with Gasteiger partial charge in [-0.25, -0.2) is 9.59 Å². The van der Waals surface area contributed by atoms with E-state index in [0.29, 0.717) is 12.1 Å². The number of aliphatic hydroxyl groups excluding tert-OH is 1. The minimum atomic E-state index is -1.04. The maximum Gasteiger partial charge on any atom is 0.335 e. The summed E-state index contributed by atoms with van der Waals surface area (Å²) in [6.45, 7) is 1.71. The van der Waals surface area contributed by atoms with Gasteiger partial charge in [-0.2, -0.15) is 0 Å². The van der Waals surface area contributed by atoms with Crippen LogP contribution in [0.4, 0.5) is 10.5 Å². The van der Waals surface area contributed by atoms with Gasteiger partial charge < -0.3 is 15.5 Å². The molecule has 0 aliphatic rings. The number of carbonyl (C=O) groups is 2. The molecule has 1 atom stereocenters. The second kappa shape index (κ2) is 7.92. The second-order valence-electron chi connectivity index (χ2n) is 4.30. The summed E-state index contributed by atoms with van der Waals surface area (Å²) >= 11 is 0. The zero-order valence-corrected chi connectivity index (χ0v) is 11.7. The average Bonchev–Trinajstić information content (AvgIpc) is 2.50. The first-order chi connectivity index (χ1) is 10.0. The first kappa shape index (κ1) is 16.5. The van der Waals surface area contributed by atoms with Crippen molar-refractivity contribution in [3.05, 3.63) is 29.8 Å². The molecule has 1 aromatic rings. The fourth-order valence-electron chi connectivity index (χ4n) is 1.72. The molecule has 0 radical (unpaired) electrons. The third-order valence-corrected chi connectivity index (χ3v) is 2.90. The number of carbonyl (C=O) groups excluding carboxylic acids is 1. The van der Waals surface area contributed by atoms with Crippen LogP contribution in [-0.2, 0) is 0 Å². The van der Waals surface area contributed by atoms with Gasteiger partial charge in [0.15, 0.2) is 0 Å². The Labute approximate surface area is 123 Å². The predicted molar refractivity (Wildman–Crippen MR) is 79.3 cm³/mol. The molecule has 3 N–H and O–H groups in total. The number of hydrogen-bond acceptors (Lipinski definition) is 3. The van der Waals surface area contributed by atoms with Crippen molar-refractivity contribution in [3.63, 3.8) is 0 Å². The lowest BCUT2D eigenvalue weighted by molar-refractivity contribution is 0.0697. The largest absolute Gasteiger partial charge is 0.478 e. The molecule has 1 unspecified atom stereocenters. The van der Waals surface area contributed by atoms with Crippen LogP contribution in [0.2, 0.25) is 0 Å². The summed E-state index contributed by atoms with van der Waals surface area (Å²) in [6, 6.07) is 4.99. The molecule has 2 amide bonds. The Kier molecular flexibility index (Phi) is 6.24. The van der Waals surface area contributed by atoms with Crippen molar-refractivity contribution in [2.45, 2.75) is 19.4 Å². The Hall–Kier alpha value is -2.52. The zero-order valence-electron chi connectivity index (χ0n) is 11.7. The number of nitrogens with one attached hydrogen (secondary N) is 1. The SMILES string of the molecule is C#CC(CC)NC(=O)N(CCO)c1ccc(C(=O)O)cc1. The molecule has 0 fully saturated rings. The topological polar surface area (TPSA) is 89.9 Å². The highest BCUT2D eigenvalue weighted by Crippen LogP contribution is 2.15. The van der Waals surface area contributed by atoms with Crippen LogP contribution in [-0.4, -0.2) is 41.4 Å². The molecule has 0 aliphatic carbocycles. The summed E-state index contributed by atoms with van der Waals surface area (Å²) in [4.78, 5) is 24.3. The van der Waals surface area contributed by atoms with Gasteiger partial charge in [-0.1, -0.05) is 12.8 Å². The summed E-state index contributed by atoms with van der Waals surface area (Å²) in [5, 5.41) is 20.6. The zero-order chi connectivity index (χ0) is 15.8. The number of aromatic carboxylic acids is 1. The first-order valence-corrected chi connectivity index (χ1v) is 6.51. The van der Waals surface area contributed by atoms with Crippen molar-refractivity contribution in [2.75, 3.05) is 18.1 Å². The Morgan fingerprint density at radius 2 is 2.00 bits per heavy atom. The van der Waals surface area contributed by atoms with Gasteiger partial charge >= 0.3 is 12.0 Å². The van der Waals surface area contributed by atoms with E-state index >= 15 is 0 Å². The van der Waals surface area contributed by atoms with Gasteiger partial charge in [-0.15, -0.1) is 6.42 Å². The van der Waals surface area contributed by atoms with Gasteiger partial charge in [0.1, 0.15) is 0 Å².